The zero-order chi connectivity index (χ0) is 14.9. The number of hydrogen-bond acceptors (Lipinski definition) is 4. The molecule has 7 heteroatoms. The number of phenols is 1. The highest BCUT2D eigenvalue weighted by atomic mass is 35.5. The van der Waals surface area contributed by atoms with Gasteiger partial charge < -0.3 is 21.1 Å². The molecule has 0 aromatic heterocycles. The van der Waals surface area contributed by atoms with Gasteiger partial charge in [-0.3, -0.25) is 0 Å². The Labute approximate surface area is 125 Å². The lowest BCUT2D eigenvalue weighted by Gasteiger charge is -2.09. The minimum atomic E-state index is -1.35. The van der Waals surface area contributed by atoms with E-state index in [0.29, 0.717) is 11.1 Å². The molecule has 0 spiro atoms. The predicted molar refractivity (Wildman–Crippen MR) is 79.1 cm³/mol. The van der Waals surface area contributed by atoms with E-state index in [1.54, 1.807) is 12.1 Å². The number of rotatable bonds is 3. The van der Waals surface area contributed by atoms with Gasteiger partial charge in [0.2, 0.25) is 0 Å². The van der Waals surface area contributed by atoms with Gasteiger partial charge in [-0.05, 0) is 23.8 Å². The van der Waals surface area contributed by atoms with Gasteiger partial charge in [0.1, 0.15) is 5.75 Å². The van der Waals surface area contributed by atoms with Crippen molar-refractivity contribution in [2.75, 3.05) is 5.73 Å². The maximum atomic E-state index is 11.1. The van der Waals surface area contributed by atoms with Crippen LogP contribution in [0.1, 0.15) is 20.7 Å². The van der Waals surface area contributed by atoms with Gasteiger partial charge in [-0.25, -0.2) is 9.59 Å². The molecule has 2 aromatic rings. The van der Waals surface area contributed by atoms with Gasteiger partial charge in [0.05, 0.1) is 16.8 Å². The first-order valence-electron chi connectivity index (χ1n) is 5.60. The Hall–Kier alpha value is -2.73. The van der Waals surface area contributed by atoms with Crippen LogP contribution in [-0.2, 0) is 0 Å². The number of carboxylic acid groups (broad SMARTS) is 2. The van der Waals surface area contributed by atoms with E-state index in [1.165, 1.54) is 24.3 Å². The van der Waals surface area contributed by atoms with Crippen molar-refractivity contribution in [3.8, 4) is 16.9 Å². The van der Waals surface area contributed by atoms with Crippen LogP contribution in [0.3, 0.4) is 0 Å². The fraction of sp³-hybridized carbons (Fsp3) is 0. The molecule has 0 aliphatic carbocycles. The van der Waals surface area contributed by atoms with Crippen molar-refractivity contribution in [2.45, 2.75) is 0 Å². The maximum Gasteiger partial charge on any atom is 0.336 e. The van der Waals surface area contributed by atoms with Gasteiger partial charge in [-0.2, -0.15) is 0 Å². The fourth-order valence-corrected chi connectivity index (χ4v) is 1.87. The van der Waals surface area contributed by atoms with Crippen LogP contribution < -0.4 is 5.73 Å². The van der Waals surface area contributed by atoms with Gasteiger partial charge in [0.15, 0.2) is 0 Å². The molecule has 0 saturated carbocycles. The Bertz CT molecular complexity index is 715. The van der Waals surface area contributed by atoms with Gasteiger partial charge in [-0.1, -0.05) is 18.2 Å². The minimum absolute atomic E-state index is 0. The lowest BCUT2D eigenvalue weighted by Crippen LogP contribution is -2.08. The molecule has 2 rings (SSSR count). The lowest BCUT2D eigenvalue weighted by molar-refractivity contribution is 0.0651. The van der Waals surface area contributed by atoms with Gasteiger partial charge in [-0.15, -0.1) is 12.4 Å². The number of carbonyl (C=O) groups is 2. The molecule has 0 heterocycles. The van der Waals surface area contributed by atoms with E-state index in [4.69, 9.17) is 15.9 Å². The third-order valence-corrected chi connectivity index (χ3v) is 2.86. The first kappa shape index (κ1) is 16.3. The van der Waals surface area contributed by atoms with Crippen LogP contribution in [0.25, 0.3) is 11.1 Å². The summed E-state index contributed by atoms with van der Waals surface area (Å²) in [4.78, 5) is 22.1. The first-order chi connectivity index (χ1) is 9.41. The van der Waals surface area contributed by atoms with E-state index in [-0.39, 0.29) is 35.0 Å². The molecule has 21 heavy (non-hydrogen) atoms. The predicted octanol–water partition coefficient (Wildman–Crippen LogP) is 2.46. The molecule has 0 aliphatic heterocycles. The molecular formula is C14H12ClNO5. The molecule has 0 radical (unpaired) electrons. The summed E-state index contributed by atoms with van der Waals surface area (Å²) in [6.07, 6.45) is 0. The number of anilines is 1. The summed E-state index contributed by atoms with van der Waals surface area (Å²) in [7, 11) is 0. The van der Waals surface area contributed by atoms with Crippen LogP contribution in [0, 0.1) is 0 Å². The average molecular weight is 310 g/mol. The third-order valence-electron chi connectivity index (χ3n) is 2.86. The second kappa shape index (κ2) is 6.15. The number of hydrogen-bond donors (Lipinski definition) is 4. The molecule has 0 aliphatic rings. The molecule has 0 bridgehead atoms. The third kappa shape index (κ3) is 3.06. The molecule has 0 unspecified atom stereocenters. The van der Waals surface area contributed by atoms with Gasteiger partial charge in [0.25, 0.3) is 0 Å². The van der Waals surface area contributed by atoms with Crippen LogP contribution in [0.5, 0.6) is 5.75 Å². The highest BCUT2D eigenvalue weighted by Crippen LogP contribution is 2.34. The quantitative estimate of drug-likeness (QED) is 0.510. The normalized spacial score (nSPS) is 9.71. The van der Waals surface area contributed by atoms with Crippen molar-refractivity contribution in [3.63, 3.8) is 0 Å². The monoisotopic (exact) mass is 309 g/mol. The molecule has 0 fully saturated rings. The van der Waals surface area contributed by atoms with E-state index in [9.17, 15) is 14.7 Å². The van der Waals surface area contributed by atoms with Crippen molar-refractivity contribution in [1.29, 1.82) is 0 Å². The summed E-state index contributed by atoms with van der Waals surface area (Å²) in [5.74, 6) is -2.86. The second-order valence-electron chi connectivity index (χ2n) is 4.11. The number of carboxylic acids is 2. The number of benzene rings is 2. The summed E-state index contributed by atoms with van der Waals surface area (Å²) in [5.41, 5.74) is 5.77. The van der Waals surface area contributed by atoms with Crippen molar-refractivity contribution >= 4 is 30.0 Å². The van der Waals surface area contributed by atoms with E-state index in [0.717, 1.165) is 0 Å². The largest absolute Gasteiger partial charge is 0.505 e. The average Bonchev–Trinajstić information content (AvgIpc) is 2.41. The van der Waals surface area contributed by atoms with Crippen LogP contribution in [0.15, 0.2) is 36.4 Å². The lowest BCUT2D eigenvalue weighted by atomic mass is 9.98. The highest BCUT2D eigenvalue weighted by molar-refractivity contribution is 6.03. The summed E-state index contributed by atoms with van der Waals surface area (Å²) in [5, 5.41) is 27.9. The summed E-state index contributed by atoms with van der Waals surface area (Å²) < 4.78 is 0. The Morgan fingerprint density at radius 2 is 1.57 bits per heavy atom. The van der Waals surface area contributed by atoms with Crippen molar-refractivity contribution in [1.82, 2.24) is 0 Å². The van der Waals surface area contributed by atoms with Crippen molar-refractivity contribution < 1.29 is 24.9 Å². The number of phenolic OH excluding ortho intramolecular Hbond substituents is 1. The standard InChI is InChI=1S/C14H11NO5.ClH/c15-11-3-1-2-8(12(11)16)7-4-5-9(13(17)18)10(6-7)14(19)20;/h1-6,16H,15H2,(H,17,18)(H,19,20);1H. The summed E-state index contributed by atoms with van der Waals surface area (Å²) in [6, 6.07) is 8.47. The number of aromatic hydroxyl groups is 1. The molecule has 0 amide bonds. The maximum absolute atomic E-state index is 11.1. The molecule has 5 N–H and O–H groups in total. The van der Waals surface area contributed by atoms with E-state index >= 15 is 0 Å². The van der Waals surface area contributed by atoms with Crippen molar-refractivity contribution in [2.24, 2.45) is 0 Å². The number of aromatic carboxylic acids is 2. The van der Waals surface area contributed by atoms with Gasteiger partial charge in [0, 0.05) is 5.56 Å². The minimum Gasteiger partial charge on any atom is -0.505 e. The first-order valence-corrected chi connectivity index (χ1v) is 5.60. The Balaban J connectivity index is 0.00000220. The molecule has 2 aromatic carbocycles. The van der Waals surface area contributed by atoms with Crippen LogP contribution in [0.2, 0.25) is 0 Å². The van der Waals surface area contributed by atoms with E-state index in [2.05, 4.69) is 0 Å². The Morgan fingerprint density at radius 1 is 0.952 bits per heavy atom. The van der Waals surface area contributed by atoms with E-state index in [1.807, 2.05) is 0 Å². The van der Waals surface area contributed by atoms with E-state index < -0.39 is 11.9 Å². The molecule has 110 valence electrons. The van der Waals surface area contributed by atoms with Crippen LogP contribution >= 0.6 is 12.4 Å². The molecular weight excluding hydrogens is 298 g/mol. The Kier molecular flexibility index (Phi) is 4.78. The van der Waals surface area contributed by atoms with Crippen LogP contribution in [-0.4, -0.2) is 27.3 Å². The van der Waals surface area contributed by atoms with Crippen molar-refractivity contribution in [3.05, 3.63) is 47.5 Å². The zero-order valence-corrected chi connectivity index (χ0v) is 11.4. The molecule has 0 saturated heterocycles. The van der Waals surface area contributed by atoms with Gasteiger partial charge >= 0.3 is 11.9 Å². The second-order valence-corrected chi connectivity index (χ2v) is 4.11. The summed E-state index contributed by atoms with van der Waals surface area (Å²) in [6.45, 7) is 0. The topological polar surface area (TPSA) is 121 Å². The Morgan fingerprint density at radius 3 is 2.14 bits per heavy atom. The number of halogens is 1. The zero-order valence-electron chi connectivity index (χ0n) is 10.6. The number of nitrogen functional groups attached to an aromatic ring is 1. The SMILES string of the molecule is Cl.Nc1cccc(-c2ccc(C(=O)O)c(C(=O)O)c2)c1O. The smallest absolute Gasteiger partial charge is 0.336 e. The molecule has 6 nitrogen and oxygen atoms in total. The van der Waals surface area contributed by atoms with Crippen LogP contribution in [0.4, 0.5) is 5.69 Å². The number of nitrogens with two attached hydrogens (primary N) is 1. The fourth-order valence-electron chi connectivity index (χ4n) is 1.87. The molecule has 0 atom stereocenters. The highest BCUT2D eigenvalue weighted by Gasteiger charge is 2.18. The number of para-hydroxylation sites is 1. The summed E-state index contributed by atoms with van der Waals surface area (Å²) >= 11 is 0.